The molecule has 1 aromatic heterocycles. The van der Waals surface area contributed by atoms with Gasteiger partial charge in [0.1, 0.15) is 11.7 Å². The molecule has 0 aliphatic carbocycles. The number of hydrogen-bond donors (Lipinski definition) is 1. The van der Waals surface area contributed by atoms with E-state index in [2.05, 4.69) is 0 Å². The van der Waals surface area contributed by atoms with Crippen LogP contribution in [0, 0.1) is 27.4 Å². The summed E-state index contributed by atoms with van der Waals surface area (Å²) < 4.78 is 10.7. The monoisotopic (exact) mass is 562 g/mol. The minimum Gasteiger partial charge on any atom is -0.463 e. The average molecular weight is 563 g/mol. The molecule has 2 aliphatic rings. The molecule has 2 N–H and O–H groups in total. The molecule has 4 rings (SSSR count). The molecular formula is C28H26N4O7S. The maximum atomic E-state index is 13.7. The highest BCUT2D eigenvalue weighted by Gasteiger charge is 2.56. The third-order valence-electron chi connectivity index (χ3n) is 6.75. The number of rotatable bonds is 9. The highest BCUT2D eigenvalue weighted by atomic mass is 32.1. The summed E-state index contributed by atoms with van der Waals surface area (Å²) in [6.45, 7) is 4.79. The van der Waals surface area contributed by atoms with Crippen LogP contribution >= 0.6 is 11.3 Å². The standard InChI is InChI=1S/C28H26N4O7S/c1-4-38-27(34)19-15(3)31-23(22(28(35)39-5-2)21(19)18-12-9-13-40-18)20(17(14-29)26(31)30)24(32(36)37)25(33)16-10-7-6-8-11-16/h6-13,20-21,24H,4-5,30H2,1-3H3/t20-,21-,24?/m1/s1. The number of thiophene rings is 1. The number of ether oxygens (including phenoxy) is 2. The Morgan fingerprint density at radius 1 is 1.10 bits per heavy atom. The van der Waals surface area contributed by atoms with Gasteiger partial charge in [-0.25, -0.2) is 9.59 Å². The third-order valence-corrected chi connectivity index (χ3v) is 7.69. The van der Waals surface area contributed by atoms with Gasteiger partial charge in [-0.1, -0.05) is 36.4 Å². The summed E-state index contributed by atoms with van der Waals surface area (Å²) in [5, 5.41) is 24.5. The highest BCUT2D eigenvalue weighted by Crippen LogP contribution is 2.52. The molecule has 0 saturated heterocycles. The molecule has 0 saturated carbocycles. The largest absolute Gasteiger partial charge is 0.463 e. The summed E-state index contributed by atoms with van der Waals surface area (Å²) in [6.07, 6.45) is 0. The SMILES string of the molecule is CCOC(=O)C1=C(C)N2C(N)=C(C#N)[C@@H](C(C(=O)c3ccccc3)[N+](=O)[O-])C2=C(C(=O)OCC)[C@@H]1c1cccs1. The second-order valence-electron chi connectivity index (χ2n) is 8.87. The fourth-order valence-corrected chi connectivity index (χ4v) is 6.02. The van der Waals surface area contributed by atoms with Gasteiger partial charge >= 0.3 is 11.9 Å². The van der Waals surface area contributed by atoms with E-state index in [0.29, 0.717) is 4.88 Å². The Labute approximate surface area is 233 Å². The van der Waals surface area contributed by atoms with Crippen LogP contribution in [0.15, 0.2) is 81.8 Å². The first-order valence-corrected chi connectivity index (χ1v) is 13.3. The van der Waals surface area contributed by atoms with E-state index < -0.39 is 40.5 Å². The van der Waals surface area contributed by atoms with E-state index in [-0.39, 0.29) is 52.7 Å². The van der Waals surface area contributed by atoms with Crippen LogP contribution in [0.2, 0.25) is 0 Å². The van der Waals surface area contributed by atoms with Crippen LogP contribution in [0.4, 0.5) is 0 Å². The van der Waals surface area contributed by atoms with E-state index in [0.717, 1.165) is 0 Å². The molecule has 2 aliphatic heterocycles. The second kappa shape index (κ2) is 11.5. The van der Waals surface area contributed by atoms with Crippen LogP contribution in [0.1, 0.15) is 41.9 Å². The summed E-state index contributed by atoms with van der Waals surface area (Å²) >= 11 is 1.26. The first kappa shape index (κ1) is 28.3. The molecular weight excluding hydrogens is 536 g/mol. The molecule has 12 heteroatoms. The zero-order valence-electron chi connectivity index (χ0n) is 22.0. The lowest BCUT2D eigenvalue weighted by molar-refractivity contribution is -0.510. The topological polar surface area (TPSA) is 166 Å². The van der Waals surface area contributed by atoms with Crippen molar-refractivity contribution in [1.82, 2.24) is 4.90 Å². The maximum absolute atomic E-state index is 13.7. The molecule has 0 fully saturated rings. The quantitative estimate of drug-likeness (QED) is 0.206. The fraction of sp³-hybridized carbons (Fsp3) is 0.286. The zero-order chi connectivity index (χ0) is 29.1. The summed E-state index contributed by atoms with van der Waals surface area (Å²) in [5.41, 5.74) is 6.34. The Balaban J connectivity index is 2.08. The Morgan fingerprint density at radius 2 is 1.73 bits per heavy atom. The van der Waals surface area contributed by atoms with Crippen LogP contribution in [-0.2, 0) is 19.1 Å². The van der Waals surface area contributed by atoms with Crippen LogP contribution in [-0.4, -0.2) is 46.8 Å². The molecule has 1 aromatic carbocycles. The van der Waals surface area contributed by atoms with E-state index in [4.69, 9.17) is 15.2 Å². The maximum Gasteiger partial charge on any atom is 0.336 e. The Hall–Kier alpha value is -4.76. The molecule has 206 valence electrons. The molecule has 40 heavy (non-hydrogen) atoms. The molecule has 3 atom stereocenters. The molecule has 0 amide bonds. The molecule has 0 spiro atoms. The Morgan fingerprint density at radius 3 is 2.25 bits per heavy atom. The molecule has 0 radical (unpaired) electrons. The molecule has 1 unspecified atom stereocenters. The predicted octanol–water partition coefficient (Wildman–Crippen LogP) is 3.65. The van der Waals surface area contributed by atoms with E-state index in [1.165, 1.54) is 28.4 Å². The number of nitrogens with zero attached hydrogens (tertiary/aromatic N) is 3. The summed E-state index contributed by atoms with van der Waals surface area (Å²) in [7, 11) is 0. The number of nitriles is 1. The fourth-order valence-electron chi connectivity index (χ4n) is 5.18. The number of carbonyl (C=O) groups excluding carboxylic acids is 3. The minimum absolute atomic E-state index is 0.0372. The van der Waals surface area contributed by atoms with Gasteiger partial charge in [-0.05, 0) is 32.2 Å². The summed E-state index contributed by atoms with van der Waals surface area (Å²) in [4.78, 5) is 54.3. The van der Waals surface area contributed by atoms with Gasteiger partial charge in [-0.2, -0.15) is 5.26 Å². The molecule has 2 aromatic rings. The van der Waals surface area contributed by atoms with Gasteiger partial charge in [0, 0.05) is 21.1 Å². The number of benzene rings is 1. The number of Topliss-reactive ketones (excluding diaryl/α,β-unsaturated/α-hetero) is 1. The number of carbonyl (C=O) groups is 3. The number of hydrogen-bond acceptors (Lipinski definition) is 11. The van der Waals surface area contributed by atoms with Gasteiger partial charge < -0.3 is 20.1 Å². The first-order chi connectivity index (χ1) is 19.2. The highest BCUT2D eigenvalue weighted by molar-refractivity contribution is 7.10. The number of nitrogens with two attached hydrogens (primary N) is 1. The van der Waals surface area contributed by atoms with E-state index >= 15 is 0 Å². The van der Waals surface area contributed by atoms with Crippen molar-refractivity contribution in [3.8, 4) is 6.07 Å². The lowest BCUT2D eigenvalue weighted by Gasteiger charge is -2.37. The van der Waals surface area contributed by atoms with Crippen molar-refractivity contribution in [3.63, 3.8) is 0 Å². The van der Waals surface area contributed by atoms with Crippen molar-refractivity contribution >= 4 is 29.1 Å². The van der Waals surface area contributed by atoms with Gasteiger partial charge in [0.25, 0.3) is 6.04 Å². The van der Waals surface area contributed by atoms with Crippen molar-refractivity contribution < 1.29 is 28.8 Å². The van der Waals surface area contributed by atoms with Crippen molar-refractivity contribution in [2.45, 2.75) is 32.7 Å². The number of ketones is 1. The van der Waals surface area contributed by atoms with Gasteiger partial charge in [0.05, 0.1) is 47.6 Å². The number of allylic oxidation sites excluding steroid dienone is 1. The normalized spacial score (nSPS) is 19.2. The van der Waals surface area contributed by atoms with Gasteiger partial charge in [0.15, 0.2) is 0 Å². The second-order valence-corrected chi connectivity index (χ2v) is 9.85. The van der Waals surface area contributed by atoms with E-state index in [1.54, 1.807) is 56.5 Å². The van der Waals surface area contributed by atoms with Crippen LogP contribution in [0.5, 0.6) is 0 Å². The summed E-state index contributed by atoms with van der Waals surface area (Å²) in [5.74, 6) is -5.24. The predicted molar refractivity (Wildman–Crippen MR) is 144 cm³/mol. The molecule has 3 heterocycles. The lowest BCUT2D eigenvalue weighted by atomic mass is 9.78. The molecule has 11 nitrogen and oxygen atoms in total. The van der Waals surface area contributed by atoms with Crippen molar-refractivity contribution in [3.05, 3.63) is 102 Å². The Kier molecular flexibility index (Phi) is 8.16. The van der Waals surface area contributed by atoms with Gasteiger partial charge in [-0.15, -0.1) is 11.3 Å². The number of nitro groups is 1. The van der Waals surface area contributed by atoms with E-state index in [9.17, 15) is 29.8 Å². The van der Waals surface area contributed by atoms with Crippen LogP contribution in [0.3, 0.4) is 0 Å². The van der Waals surface area contributed by atoms with Crippen molar-refractivity contribution in [2.75, 3.05) is 13.2 Å². The number of fused-ring (bicyclic) bond motifs is 1. The van der Waals surface area contributed by atoms with Gasteiger partial charge in [-0.3, -0.25) is 14.9 Å². The first-order valence-electron chi connectivity index (χ1n) is 12.4. The van der Waals surface area contributed by atoms with Gasteiger partial charge in [0.2, 0.25) is 5.78 Å². The third kappa shape index (κ3) is 4.65. The van der Waals surface area contributed by atoms with E-state index in [1.807, 2.05) is 6.07 Å². The van der Waals surface area contributed by atoms with Crippen LogP contribution < -0.4 is 5.73 Å². The zero-order valence-corrected chi connectivity index (χ0v) is 22.8. The average Bonchev–Trinajstić information content (AvgIpc) is 3.56. The number of esters is 2. The van der Waals surface area contributed by atoms with Crippen LogP contribution in [0.25, 0.3) is 0 Å². The van der Waals surface area contributed by atoms with Crippen molar-refractivity contribution in [2.24, 2.45) is 11.7 Å². The smallest absolute Gasteiger partial charge is 0.336 e. The van der Waals surface area contributed by atoms with Crippen molar-refractivity contribution in [1.29, 1.82) is 5.26 Å². The molecule has 0 bridgehead atoms. The Bertz CT molecular complexity index is 1500. The summed E-state index contributed by atoms with van der Waals surface area (Å²) in [6, 6.07) is 11.0. The minimum atomic E-state index is -2.00. The lowest BCUT2D eigenvalue weighted by Crippen LogP contribution is -2.42.